The second-order valence-electron chi connectivity index (χ2n) is 5.61. The summed E-state index contributed by atoms with van der Waals surface area (Å²) in [6.07, 6.45) is 1.50. The number of ether oxygens (including phenoxy) is 1. The van der Waals surface area contributed by atoms with E-state index in [9.17, 15) is 9.18 Å². The highest BCUT2D eigenvalue weighted by Crippen LogP contribution is 2.31. The van der Waals surface area contributed by atoms with Crippen LogP contribution in [-0.2, 0) is 5.41 Å². The van der Waals surface area contributed by atoms with Crippen molar-refractivity contribution < 1.29 is 19.0 Å². The number of carboxylic acid groups (broad SMARTS) is 1. The van der Waals surface area contributed by atoms with Crippen LogP contribution in [0.1, 0.15) is 42.2 Å². The maximum Gasteiger partial charge on any atom is 0.355 e. The van der Waals surface area contributed by atoms with Crippen LogP contribution in [0.5, 0.6) is 5.75 Å². The molecular formula is C16H18FNO3S. The van der Waals surface area contributed by atoms with E-state index in [0.717, 1.165) is 17.8 Å². The molecule has 1 aromatic heterocycles. The van der Waals surface area contributed by atoms with Crippen LogP contribution in [0.3, 0.4) is 0 Å². The van der Waals surface area contributed by atoms with Gasteiger partial charge in [0.1, 0.15) is 0 Å². The lowest BCUT2D eigenvalue weighted by Gasteiger charge is -2.21. The van der Waals surface area contributed by atoms with Gasteiger partial charge in [-0.1, -0.05) is 26.0 Å². The number of nitrogens with zero attached hydrogens (tertiary/aromatic N) is 1. The van der Waals surface area contributed by atoms with E-state index >= 15 is 0 Å². The molecule has 0 amide bonds. The molecule has 0 atom stereocenters. The number of hydrogen-bond acceptors (Lipinski definition) is 4. The zero-order valence-corrected chi connectivity index (χ0v) is 13.3. The van der Waals surface area contributed by atoms with Crippen LogP contribution in [0.25, 0.3) is 0 Å². The fourth-order valence-electron chi connectivity index (χ4n) is 2.05. The first-order chi connectivity index (χ1) is 10.4. The van der Waals surface area contributed by atoms with Crippen molar-refractivity contribution in [2.24, 2.45) is 0 Å². The summed E-state index contributed by atoms with van der Waals surface area (Å²) in [5.41, 5.74) is -0.160. The summed E-state index contributed by atoms with van der Waals surface area (Å²) in [5, 5.41) is 11.3. The molecule has 0 fully saturated rings. The zero-order valence-electron chi connectivity index (χ0n) is 12.5. The molecule has 0 saturated heterocycles. The van der Waals surface area contributed by atoms with Gasteiger partial charge in [0.15, 0.2) is 17.3 Å². The lowest BCUT2D eigenvalue weighted by Crippen LogP contribution is -2.18. The van der Waals surface area contributed by atoms with E-state index in [1.165, 1.54) is 17.4 Å². The Morgan fingerprint density at radius 3 is 2.77 bits per heavy atom. The minimum atomic E-state index is -1.01. The molecule has 0 bridgehead atoms. The van der Waals surface area contributed by atoms with Crippen molar-refractivity contribution >= 4 is 17.3 Å². The molecule has 1 heterocycles. The lowest BCUT2D eigenvalue weighted by molar-refractivity contribution is 0.0691. The molecular weight excluding hydrogens is 305 g/mol. The van der Waals surface area contributed by atoms with Crippen molar-refractivity contribution in [3.05, 3.63) is 46.2 Å². The average molecular weight is 323 g/mol. The predicted octanol–water partition coefficient (Wildman–Crippen LogP) is 4.12. The van der Waals surface area contributed by atoms with Crippen LogP contribution < -0.4 is 4.74 Å². The molecule has 0 radical (unpaired) electrons. The van der Waals surface area contributed by atoms with E-state index in [4.69, 9.17) is 9.84 Å². The van der Waals surface area contributed by atoms with Crippen LogP contribution in [0, 0.1) is 5.82 Å². The van der Waals surface area contributed by atoms with E-state index in [0.29, 0.717) is 6.61 Å². The summed E-state index contributed by atoms with van der Waals surface area (Å²) < 4.78 is 18.8. The van der Waals surface area contributed by atoms with Crippen molar-refractivity contribution in [2.75, 3.05) is 6.61 Å². The van der Waals surface area contributed by atoms with Gasteiger partial charge < -0.3 is 9.84 Å². The SMILES string of the molecule is CC(C)(CCCOc1ccccc1F)c1nc(C(=O)O)cs1. The second kappa shape index (κ2) is 6.87. The summed E-state index contributed by atoms with van der Waals surface area (Å²) in [5.74, 6) is -1.13. The Labute approximate surface area is 132 Å². The minimum Gasteiger partial charge on any atom is -0.491 e. The first kappa shape index (κ1) is 16.4. The number of aromatic nitrogens is 1. The third-order valence-electron chi connectivity index (χ3n) is 3.34. The summed E-state index contributed by atoms with van der Waals surface area (Å²) in [4.78, 5) is 15.0. The van der Waals surface area contributed by atoms with Crippen LogP contribution in [0.2, 0.25) is 0 Å². The number of carbonyl (C=O) groups is 1. The van der Waals surface area contributed by atoms with Crippen LogP contribution in [-0.4, -0.2) is 22.7 Å². The highest BCUT2D eigenvalue weighted by Gasteiger charge is 2.25. The molecule has 6 heteroatoms. The summed E-state index contributed by atoms with van der Waals surface area (Å²) >= 11 is 1.35. The molecule has 0 unspecified atom stereocenters. The van der Waals surface area contributed by atoms with Gasteiger partial charge in [-0.05, 0) is 25.0 Å². The smallest absolute Gasteiger partial charge is 0.355 e. The molecule has 1 N–H and O–H groups in total. The normalized spacial score (nSPS) is 11.4. The minimum absolute atomic E-state index is 0.0793. The van der Waals surface area contributed by atoms with E-state index in [1.54, 1.807) is 23.6 Å². The standard InChI is InChI=1S/C16H18FNO3S/c1-16(2,15-18-12(10-22-15)14(19)20)8-5-9-21-13-7-4-3-6-11(13)17/h3-4,6-7,10H,5,8-9H2,1-2H3,(H,19,20). The number of thiazole rings is 1. The third-order valence-corrected chi connectivity index (χ3v) is 4.55. The van der Waals surface area contributed by atoms with E-state index in [1.807, 2.05) is 13.8 Å². The Hall–Kier alpha value is -1.95. The van der Waals surface area contributed by atoms with Gasteiger partial charge in [0.2, 0.25) is 0 Å². The summed E-state index contributed by atoms with van der Waals surface area (Å²) in [6.45, 7) is 4.43. The van der Waals surface area contributed by atoms with Gasteiger partial charge in [0.05, 0.1) is 11.6 Å². The Morgan fingerprint density at radius 2 is 2.14 bits per heavy atom. The number of rotatable bonds is 7. The van der Waals surface area contributed by atoms with Crippen molar-refractivity contribution in [1.29, 1.82) is 0 Å². The van der Waals surface area contributed by atoms with Gasteiger partial charge in [-0.25, -0.2) is 14.2 Å². The number of benzene rings is 1. The summed E-state index contributed by atoms with van der Waals surface area (Å²) in [6, 6.07) is 6.31. The lowest BCUT2D eigenvalue weighted by atomic mass is 9.89. The molecule has 0 saturated carbocycles. The topological polar surface area (TPSA) is 59.4 Å². The van der Waals surface area contributed by atoms with Crippen LogP contribution in [0.4, 0.5) is 4.39 Å². The molecule has 4 nitrogen and oxygen atoms in total. The average Bonchev–Trinajstić information content (AvgIpc) is 2.96. The van der Waals surface area contributed by atoms with Crippen molar-refractivity contribution in [3.63, 3.8) is 0 Å². The van der Waals surface area contributed by atoms with Crippen molar-refractivity contribution in [3.8, 4) is 5.75 Å². The monoisotopic (exact) mass is 323 g/mol. The molecule has 1 aromatic carbocycles. The number of para-hydroxylation sites is 1. The molecule has 118 valence electrons. The number of halogens is 1. The largest absolute Gasteiger partial charge is 0.491 e. The Morgan fingerprint density at radius 1 is 1.41 bits per heavy atom. The molecule has 0 aliphatic carbocycles. The molecule has 0 spiro atoms. The van der Waals surface area contributed by atoms with Gasteiger partial charge >= 0.3 is 5.97 Å². The zero-order chi connectivity index (χ0) is 16.2. The Kier molecular flexibility index (Phi) is 5.13. The number of aromatic carboxylic acids is 1. The highest BCUT2D eigenvalue weighted by molar-refractivity contribution is 7.10. The summed E-state index contributed by atoms with van der Waals surface area (Å²) in [7, 11) is 0. The quantitative estimate of drug-likeness (QED) is 0.779. The highest BCUT2D eigenvalue weighted by atomic mass is 32.1. The molecule has 0 aliphatic rings. The molecule has 2 rings (SSSR count). The predicted molar refractivity (Wildman–Crippen MR) is 83.2 cm³/mol. The van der Waals surface area contributed by atoms with Gasteiger partial charge in [-0.15, -0.1) is 11.3 Å². The van der Waals surface area contributed by atoms with Gasteiger partial charge in [-0.3, -0.25) is 0 Å². The maximum atomic E-state index is 13.4. The third kappa shape index (κ3) is 4.04. The first-order valence-corrected chi connectivity index (χ1v) is 7.85. The molecule has 22 heavy (non-hydrogen) atoms. The van der Waals surface area contributed by atoms with Crippen molar-refractivity contribution in [2.45, 2.75) is 32.1 Å². The number of carboxylic acids is 1. The van der Waals surface area contributed by atoms with Crippen LogP contribution >= 0.6 is 11.3 Å². The fraction of sp³-hybridized carbons (Fsp3) is 0.375. The van der Waals surface area contributed by atoms with Gasteiger partial charge in [0, 0.05) is 10.8 Å². The fourth-order valence-corrected chi connectivity index (χ4v) is 3.00. The molecule has 2 aromatic rings. The maximum absolute atomic E-state index is 13.4. The first-order valence-electron chi connectivity index (χ1n) is 6.97. The van der Waals surface area contributed by atoms with Crippen LogP contribution in [0.15, 0.2) is 29.6 Å². The molecule has 0 aliphatic heterocycles. The van der Waals surface area contributed by atoms with E-state index in [-0.39, 0.29) is 22.7 Å². The van der Waals surface area contributed by atoms with E-state index < -0.39 is 5.97 Å². The Bertz CT molecular complexity index is 654. The van der Waals surface area contributed by atoms with Gasteiger partial charge in [-0.2, -0.15) is 0 Å². The van der Waals surface area contributed by atoms with Crippen molar-refractivity contribution in [1.82, 2.24) is 4.98 Å². The Balaban J connectivity index is 1.87. The van der Waals surface area contributed by atoms with Gasteiger partial charge in [0.25, 0.3) is 0 Å². The van der Waals surface area contributed by atoms with E-state index in [2.05, 4.69) is 4.98 Å². The second-order valence-corrected chi connectivity index (χ2v) is 6.47. The number of hydrogen-bond donors (Lipinski definition) is 1.